The van der Waals surface area contributed by atoms with Gasteiger partial charge in [-0.05, 0) is 153 Å². The molecule has 0 N–H and O–H groups in total. The standard InChI is InChI=1S/C26H12I4/c27-18-9-6-14-15-7-10-20(29)26-21(30)12-17(13-4-2-1-3-5-13)23(24(15)26)16-8-11-19(28)25(18)22(14)16/h1-12H. The van der Waals surface area contributed by atoms with E-state index in [1.807, 2.05) is 0 Å². The van der Waals surface area contributed by atoms with Crippen molar-refractivity contribution in [1.29, 1.82) is 0 Å². The van der Waals surface area contributed by atoms with Gasteiger partial charge in [-0.3, -0.25) is 0 Å². The molecule has 30 heavy (non-hydrogen) atoms. The van der Waals surface area contributed by atoms with Crippen LogP contribution in [0.25, 0.3) is 54.2 Å². The minimum Gasteiger partial charge on any atom is -0.0622 e. The van der Waals surface area contributed by atoms with Crippen molar-refractivity contribution in [2.45, 2.75) is 0 Å². The van der Waals surface area contributed by atoms with E-state index in [1.54, 1.807) is 0 Å². The molecule has 0 radical (unpaired) electrons. The molecule has 0 bridgehead atoms. The molecule has 0 aliphatic heterocycles. The van der Waals surface area contributed by atoms with Crippen LogP contribution < -0.4 is 0 Å². The van der Waals surface area contributed by atoms with E-state index in [0.29, 0.717) is 0 Å². The molecular formula is C26H12I4. The Labute approximate surface area is 228 Å². The van der Waals surface area contributed by atoms with Gasteiger partial charge < -0.3 is 0 Å². The Morgan fingerprint density at radius 3 is 1.57 bits per heavy atom. The van der Waals surface area contributed by atoms with Crippen LogP contribution >= 0.6 is 90.4 Å². The molecule has 0 aromatic heterocycles. The van der Waals surface area contributed by atoms with E-state index in [9.17, 15) is 0 Å². The van der Waals surface area contributed by atoms with E-state index < -0.39 is 0 Å². The molecule has 4 heteroatoms. The van der Waals surface area contributed by atoms with Crippen LogP contribution in [0.1, 0.15) is 0 Å². The second kappa shape index (κ2) is 7.55. The van der Waals surface area contributed by atoms with E-state index >= 15 is 0 Å². The Morgan fingerprint density at radius 2 is 0.933 bits per heavy atom. The van der Waals surface area contributed by atoms with E-state index in [4.69, 9.17) is 0 Å². The lowest BCUT2D eigenvalue weighted by Crippen LogP contribution is -1.95. The smallest absolute Gasteiger partial charge is 0.0226 e. The van der Waals surface area contributed by atoms with Gasteiger partial charge in [-0.25, -0.2) is 0 Å². The van der Waals surface area contributed by atoms with Gasteiger partial charge in [0.2, 0.25) is 0 Å². The van der Waals surface area contributed by atoms with Crippen molar-refractivity contribution in [3.63, 3.8) is 0 Å². The van der Waals surface area contributed by atoms with Crippen molar-refractivity contribution < 1.29 is 0 Å². The van der Waals surface area contributed by atoms with Gasteiger partial charge in [0, 0.05) is 30.4 Å². The summed E-state index contributed by atoms with van der Waals surface area (Å²) in [5.41, 5.74) is 2.60. The molecule has 0 atom stereocenters. The van der Waals surface area contributed by atoms with Crippen molar-refractivity contribution in [2.75, 3.05) is 0 Å². The topological polar surface area (TPSA) is 0 Å². The van der Waals surface area contributed by atoms with Crippen LogP contribution in [0.3, 0.4) is 0 Å². The first-order chi connectivity index (χ1) is 14.6. The van der Waals surface area contributed by atoms with Crippen LogP contribution in [0.5, 0.6) is 0 Å². The molecule has 6 aromatic rings. The van der Waals surface area contributed by atoms with E-state index in [2.05, 4.69) is 163 Å². The Balaban J connectivity index is 2.03. The zero-order valence-electron chi connectivity index (χ0n) is 15.4. The molecule has 0 amide bonds. The highest BCUT2D eigenvalue weighted by molar-refractivity contribution is 14.1. The zero-order chi connectivity index (χ0) is 20.6. The summed E-state index contributed by atoms with van der Waals surface area (Å²) < 4.78 is 5.25. The molecule has 0 unspecified atom stereocenters. The van der Waals surface area contributed by atoms with E-state index in [1.165, 1.54) is 68.5 Å². The maximum atomic E-state index is 2.52. The highest BCUT2D eigenvalue weighted by Crippen LogP contribution is 2.47. The van der Waals surface area contributed by atoms with Crippen LogP contribution in [0.2, 0.25) is 0 Å². The summed E-state index contributed by atoms with van der Waals surface area (Å²) in [6, 6.07) is 27.0. The van der Waals surface area contributed by atoms with Gasteiger partial charge in [0.25, 0.3) is 0 Å². The lowest BCUT2D eigenvalue weighted by Gasteiger charge is -2.20. The second-order valence-corrected chi connectivity index (χ2v) is 12.1. The van der Waals surface area contributed by atoms with Gasteiger partial charge in [0.15, 0.2) is 0 Å². The third kappa shape index (κ3) is 2.85. The molecule has 0 nitrogen and oxygen atoms in total. The van der Waals surface area contributed by atoms with Gasteiger partial charge in [0.05, 0.1) is 0 Å². The summed E-state index contributed by atoms with van der Waals surface area (Å²) >= 11 is 9.99. The summed E-state index contributed by atoms with van der Waals surface area (Å²) in [5.74, 6) is 0. The summed E-state index contributed by atoms with van der Waals surface area (Å²) in [6.07, 6.45) is 0. The third-order valence-corrected chi connectivity index (χ3v) is 9.43. The number of fused-ring (bicyclic) bond motifs is 2. The molecular weight excluding hydrogens is 820 g/mol. The lowest BCUT2D eigenvalue weighted by molar-refractivity contribution is 1.64. The summed E-state index contributed by atoms with van der Waals surface area (Å²) in [6.45, 7) is 0. The molecule has 144 valence electrons. The van der Waals surface area contributed by atoms with Crippen molar-refractivity contribution in [1.82, 2.24) is 0 Å². The third-order valence-electron chi connectivity index (χ3n) is 5.89. The fourth-order valence-corrected chi connectivity index (χ4v) is 8.80. The van der Waals surface area contributed by atoms with Gasteiger partial charge in [-0.1, -0.05) is 48.5 Å². The Morgan fingerprint density at radius 1 is 0.400 bits per heavy atom. The zero-order valence-corrected chi connectivity index (χ0v) is 24.1. The minimum absolute atomic E-state index is 1.28. The van der Waals surface area contributed by atoms with E-state index in [-0.39, 0.29) is 0 Å². The summed E-state index contributed by atoms with van der Waals surface area (Å²) in [5, 5.41) is 11.0. The molecule has 0 aliphatic rings. The number of halogens is 4. The highest BCUT2D eigenvalue weighted by atomic mass is 127. The average molecular weight is 832 g/mol. The summed E-state index contributed by atoms with van der Waals surface area (Å²) in [4.78, 5) is 0. The van der Waals surface area contributed by atoms with Gasteiger partial charge in [0.1, 0.15) is 0 Å². The SMILES string of the molecule is Ic1ccc2c3ccc(I)c4c(I)cc(-c5ccccc5)c(c5ccc(I)c1c25)c43. The predicted molar refractivity (Wildman–Crippen MR) is 164 cm³/mol. The molecule has 0 heterocycles. The largest absolute Gasteiger partial charge is 0.0622 e. The van der Waals surface area contributed by atoms with Crippen LogP contribution in [-0.2, 0) is 0 Å². The lowest BCUT2D eigenvalue weighted by atomic mass is 9.86. The maximum Gasteiger partial charge on any atom is 0.0226 e. The first-order valence-corrected chi connectivity index (χ1v) is 13.8. The first-order valence-electron chi connectivity index (χ1n) is 9.48. The van der Waals surface area contributed by atoms with Crippen LogP contribution in [0.15, 0.2) is 72.8 Å². The Bertz CT molecular complexity index is 1610. The molecule has 0 aliphatic carbocycles. The minimum atomic E-state index is 1.28. The molecule has 6 aromatic carbocycles. The number of hydrogen-bond acceptors (Lipinski definition) is 0. The van der Waals surface area contributed by atoms with Crippen LogP contribution in [0, 0.1) is 14.3 Å². The molecule has 0 spiro atoms. The van der Waals surface area contributed by atoms with Crippen LogP contribution in [0.4, 0.5) is 0 Å². The predicted octanol–water partition coefficient (Wildman–Crippen LogP) is 9.82. The van der Waals surface area contributed by atoms with Crippen molar-refractivity contribution in [2.24, 2.45) is 0 Å². The fraction of sp³-hybridized carbons (Fsp3) is 0. The maximum absolute atomic E-state index is 2.52. The second-order valence-electron chi connectivity index (χ2n) is 7.43. The van der Waals surface area contributed by atoms with Crippen molar-refractivity contribution in [3.8, 4) is 11.1 Å². The number of benzene rings is 6. The van der Waals surface area contributed by atoms with Gasteiger partial charge >= 0.3 is 0 Å². The highest BCUT2D eigenvalue weighted by Gasteiger charge is 2.21. The monoisotopic (exact) mass is 832 g/mol. The molecule has 0 saturated carbocycles. The first kappa shape index (κ1) is 20.2. The quantitative estimate of drug-likeness (QED) is 0.0880. The van der Waals surface area contributed by atoms with Gasteiger partial charge in [-0.15, -0.1) is 0 Å². The molecule has 0 fully saturated rings. The summed E-state index contributed by atoms with van der Waals surface area (Å²) in [7, 11) is 0. The van der Waals surface area contributed by atoms with Crippen LogP contribution in [-0.4, -0.2) is 0 Å². The number of hydrogen-bond donors (Lipinski definition) is 0. The molecule has 6 rings (SSSR count). The average Bonchev–Trinajstić information content (AvgIpc) is 2.75. The number of rotatable bonds is 1. The Kier molecular flexibility index (Phi) is 5.08. The fourth-order valence-electron chi connectivity index (χ4n) is 4.67. The van der Waals surface area contributed by atoms with Crippen molar-refractivity contribution >= 4 is 133 Å². The Hall–Kier alpha value is -0.460. The van der Waals surface area contributed by atoms with Gasteiger partial charge in [-0.2, -0.15) is 0 Å². The normalized spacial score (nSPS) is 12.0. The van der Waals surface area contributed by atoms with E-state index in [0.717, 1.165) is 0 Å². The molecule has 0 saturated heterocycles. The van der Waals surface area contributed by atoms with Crippen molar-refractivity contribution in [3.05, 3.63) is 87.1 Å².